The second kappa shape index (κ2) is 8.17. The van der Waals surface area contributed by atoms with Gasteiger partial charge in [-0.1, -0.05) is 31.2 Å². The average molecular weight is 337 g/mol. The van der Waals surface area contributed by atoms with Gasteiger partial charge in [0.05, 0.1) is 0 Å². The van der Waals surface area contributed by atoms with Crippen LogP contribution in [0.15, 0.2) is 48.5 Å². The number of nitrogens with two attached hydrogens (primary N) is 1. The van der Waals surface area contributed by atoms with Crippen LogP contribution < -0.4 is 11.1 Å². The van der Waals surface area contributed by atoms with Crippen LogP contribution in [0.4, 0.5) is 5.69 Å². The van der Waals surface area contributed by atoms with Gasteiger partial charge in [0.2, 0.25) is 0 Å². The second-order valence-corrected chi connectivity index (χ2v) is 7.10. The van der Waals surface area contributed by atoms with Crippen LogP contribution in [0.2, 0.25) is 0 Å². The van der Waals surface area contributed by atoms with Gasteiger partial charge in [0.1, 0.15) is 0 Å². The Labute approximate surface area is 150 Å². The number of hydrogen-bond acceptors (Lipinski definition) is 3. The summed E-state index contributed by atoms with van der Waals surface area (Å²) in [6, 6.07) is 15.5. The Balaban J connectivity index is 1.50. The van der Waals surface area contributed by atoms with Crippen LogP contribution in [0.1, 0.15) is 41.3 Å². The van der Waals surface area contributed by atoms with Gasteiger partial charge in [0, 0.05) is 30.9 Å². The summed E-state index contributed by atoms with van der Waals surface area (Å²) in [6.07, 6.45) is 2.65. The lowest BCUT2D eigenvalue weighted by Crippen LogP contribution is -2.33. The first-order chi connectivity index (χ1) is 12.1. The molecule has 25 heavy (non-hydrogen) atoms. The van der Waals surface area contributed by atoms with Gasteiger partial charge in [-0.25, -0.2) is 0 Å². The second-order valence-electron chi connectivity index (χ2n) is 7.10. The van der Waals surface area contributed by atoms with Crippen LogP contribution in [0.25, 0.3) is 0 Å². The van der Waals surface area contributed by atoms with Crippen LogP contribution in [0.3, 0.4) is 0 Å². The molecule has 0 aromatic heterocycles. The number of carbonyl (C=O) groups excluding carboxylic acids is 1. The van der Waals surface area contributed by atoms with Crippen molar-refractivity contribution in [2.75, 3.05) is 18.8 Å². The first-order valence-electron chi connectivity index (χ1n) is 9.04. The van der Waals surface area contributed by atoms with Crippen LogP contribution in [0, 0.1) is 5.92 Å². The van der Waals surface area contributed by atoms with Crippen LogP contribution in [-0.4, -0.2) is 23.9 Å². The molecule has 0 radical (unpaired) electrons. The Morgan fingerprint density at radius 1 is 1.12 bits per heavy atom. The van der Waals surface area contributed by atoms with Crippen molar-refractivity contribution in [3.05, 3.63) is 65.2 Å². The monoisotopic (exact) mass is 337 g/mol. The molecule has 1 heterocycles. The molecule has 4 heteroatoms. The molecule has 2 aromatic carbocycles. The minimum atomic E-state index is -0.0774. The van der Waals surface area contributed by atoms with Crippen molar-refractivity contribution in [3.8, 4) is 0 Å². The summed E-state index contributed by atoms with van der Waals surface area (Å²) >= 11 is 0. The molecular weight excluding hydrogens is 310 g/mol. The molecule has 0 bridgehead atoms. The van der Waals surface area contributed by atoms with E-state index < -0.39 is 0 Å². The van der Waals surface area contributed by atoms with Crippen LogP contribution >= 0.6 is 0 Å². The Hall–Kier alpha value is -2.33. The Bertz CT molecular complexity index is 694. The SMILES string of the molecule is CC1CCCN(Cc2ccc(CNC(=O)c3ccc(N)cc3)cc2)C1. The summed E-state index contributed by atoms with van der Waals surface area (Å²) in [6.45, 7) is 6.27. The number of nitrogen functional groups attached to an aromatic ring is 1. The van der Waals surface area contributed by atoms with Crippen molar-refractivity contribution in [1.82, 2.24) is 10.2 Å². The number of amides is 1. The summed E-state index contributed by atoms with van der Waals surface area (Å²) in [7, 11) is 0. The number of rotatable bonds is 5. The molecular formula is C21H27N3O. The topological polar surface area (TPSA) is 58.4 Å². The molecule has 2 aromatic rings. The highest BCUT2D eigenvalue weighted by atomic mass is 16.1. The summed E-state index contributed by atoms with van der Waals surface area (Å²) < 4.78 is 0. The van der Waals surface area contributed by atoms with Gasteiger partial charge < -0.3 is 11.1 Å². The third-order valence-corrected chi connectivity index (χ3v) is 4.80. The predicted molar refractivity (Wildman–Crippen MR) is 102 cm³/mol. The third kappa shape index (κ3) is 5.07. The zero-order chi connectivity index (χ0) is 17.6. The molecule has 1 saturated heterocycles. The van der Waals surface area contributed by atoms with Gasteiger partial charge in [-0.15, -0.1) is 0 Å². The highest BCUT2D eigenvalue weighted by molar-refractivity contribution is 5.94. The van der Waals surface area contributed by atoms with E-state index in [4.69, 9.17) is 5.73 Å². The molecule has 0 aliphatic carbocycles. The van der Waals surface area contributed by atoms with E-state index in [2.05, 4.69) is 41.4 Å². The fraction of sp³-hybridized carbons (Fsp3) is 0.381. The molecule has 3 N–H and O–H groups in total. The van der Waals surface area contributed by atoms with E-state index in [0.717, 1.165) is 18.0 Å². The largest absolute Gasteiger partial charge is 0.399 e. The summed E-state index contributed by atoms with van der Waals surface area (Å²) in [5.74, 6) is 0.725. The third-order valence-electron chi connectivity index (χ3n) is 4.80. The van der Waals surface area contributed by atoms with Crippen molar-refractivity contribution in [1.29, 1.82) is 0 Å². The van der Waals surface area contributed by atoms with Gasteiger partial charge in [-0.05, 0) is 60.7 Å². The maximum absolute atomic E-state index is 12.1. The van der Waals surface area contributed by atoms with E-state index in [1.165, 1.54) is 31.5 Å². The molecule has 1 aliphatic rings. The maximum atomic E-state index is 12.1. The van der Waals surface area contributed by atoms with E-state index >= 15 is 0 Å². The zero-order valence-corrected chi connectivity index (χ0v) is 14.9. The highest BCUT2D eigenvalue weighted by Gasteiger charge is 2.16. The zero-order valence-electron chi connectivity index (χ0n) is 14.9. The first-order valence-corrected chi connectivity index (χ1v) is 9.04. The van der Waals surface area contributed by atoms with E-state index in [-0.39, 0.29) is 5.91 Å². The number of piperidine rings is 1. The number of nitrogens with zero attached hydrogens (tertiary/aromatic N) is 1. The van der Waals surface area contributed by atoms with Crippen LogP contribution in [0.5, 0.6) is 0 Å². The number of carbonyl (C=O) groups is 1. The number of likely N-dealkylation sites (tertiary alicyclic amines) is 1. The lowest BCUT2D eigenvalue weighted by molar-refractivity contribution is 0.0951. The summed E-state index contributed by atoms with van der Waals surface area (Å²) in [5, 5.41) is 2.95. The number of benzene rings is 2. The van der Waals surface area contributed by atoms with E-state index in [1.807, 2.05) is 0 Å². The molecule has 4 nitrogen and oxygen atoms in total. The van der Waals surface area contributed by atoms with Crippen LogP contribution in [-0.2, 0) is 13.1 Å². The molecule has 1 atom stereocenters. The Morgan fingerprint density at radius 2 is 1.80 bits per heavy atom. The fourth-order valence-corrected chi connectivity index (χ4v) is 3.37. The minimum Gasteiger partial charge on any atom is -0.399 e. The van der Waals surface area contributed by atoms with Gasteiger partial charge >= 0.3 is 0 Å². The van der Waals surface area contributed by atoms with Crippen molar-refractivity contribution < 1.29 is 4.79 Å². The Morgan fingerprint density at radius 3 is 2.48 bits per heavy atom. The van der Waals surface area contributed by atoms with E-state index in [0.29, 0.717) is 17.8 Å². The quantitative estimate of drug-likeness (QED) is 0.822. The number of nitrogens with one attached hydrogen (secondary N) is 1. The molecule has 1 aliphatic heterocycles. The lowest BCUT2D eigenvalue weighted by atomic mass is 9.99. The highest BCUT2D eigenvalue weighted by Crippen LogP contribution is 2.18. The normalized spacial score (nSPS) is 18.0. The van der Waals surface area contributed by atoms with Gasteiger partial charge in [0.15, 0.2) is 0 Å². The van der Waals surface area contributed by atoms with Gasteiger partial charge in [0.25, 0.3) is 5.91 Å². The van der Waals surface area contributed by atoms with Crippen molar-refractivity contribution in [2.24, 2.45) is 5.92 Å². The molecule has 1 fully saturated rings. The van der Waals surface area contributed by atoms with E-state index in [9.17, 15) is 4.79 Å². The maximum Gasteiger partial charge on any atom is 0.251 e. The van der Waals surface area contributed by atoms with E-state index in [1.54, 1.807) is 24.3 Å². The van der Waals surface area contributed by atoms with Crippen molar-refractivity contribution in [3.63, 3.8) is 0 Å². The summed E-state index contributed by atoms with van der Waals surface area (Å²) in [5.41, 5.74) is 9.38. The predicted octanol–water partition coefficient (Wildman–Crippen LogP) is 3.43. The Kier molecular flexibility index (Phi) is 5.71. The van der Waals surface area contributed by atoms with Gasteiger partial charge in [-0.3, -0.25) is 9.69 Å². The minimum absolute atomic E-state index is 0.0774. The molecule has 3 rings (SSSR count). The lowest BCUT2D eigenvalue weighted by Gasteiger charge is -2.30. The van der Waals surface area contributed by atoms with Crippen molar-refractivity contribution >= 4 is 11.6 Å². The standard InChI is InChI=1S/C21H27N3O/c1-16-3-2-12-24(14-16)15-18-6-4-17(5-7-18)13-23-21(25)19-8-10-20(22)11-9-19/h4-11,16H,2-3,12-15,22H2,1H3,(H,23,25). The molecule has 1 unspecified atom stereocenters. The molecule has 0 spiro atoms. The van der Waals surface area contributed by atoms with Gasteiger partial charge in [-0.2, -0.15) is 0 Å². The molecule has 132 valence electrons. The molecule has 0 saturated carbocycles. The number of anilines is 1. The smallest absolute Gasteiger partial charge is 0.251 e. The van der Waals surface area contributed by atoms with Crippen molar-refractivity contribution in [2.45, 2.75) is 32.9 Å². The average Bonchev–Trinajstić information content (AvgIpc) is 2.61. The first kappa shape index (κ1) is 17.5. The number of hydrogen-bond donors (Lipinski definition) is 2. The molecule has 1 amide bonds. The fourth-order valence-electron chi connectivity index (χ4n) is 3.37. The summed E-state index contributed by atoms with van der Waals surface area (Å²) in [4.78, 5) is 14.7.